The maximum absolute atomic E-state index is 12.6. The zero-order valence-corrected chi connectivity index (χ0v) is 15.7. The monoisotopic (exact) mass is 371 g/mol. The van der Waals surface area contributed by atoms with Crippen LogP contribution in [0.1, 0.15) is 24.1 Å². The van der Waals surface area contributed by atoms with E-state index in [9.17, 15) is 13.2 Å². The van der Waals surface area contributed by atoms with E-state index in [-0.39, 0.29) is 5.91 Å². The van der Waals surface area contributed by atoms with Gasteiger partial charge in [0.2, 0.25) is 5.91 Å². The number of likely N-dealkylation sites (tertiary alicyclic amines) is 1. The van der Waals surface area contributed by atoms with Crippen molar-refractivity contribution in [1.29, 1.82) is 0 Å². The third-order valence-corrected chi connectivity index (χ3v) is 8.11. The molecule has 0 saturated carbocycles. The van der Waals surface area contributed by atoms with E-state index in [1.54, 1.807) is 6.07 Å². The second-order valence-corrected chi connectivity index (χ2v) is 9.90. The van der Waals surface area contributed by atoms with Gasteiger partial charge in [-0.15, -0.1) is 11.3 Å². The van der Waals surface area contributed by atoms with Gasteiger partial charge in [0.25, 0.3) is 10.0 Å². The molecule has 134 valence electrons. The van der Waals surface area contributed by atoms with Gasteiger partial charge >= 0.3 is 0 Å². The van der Waals surface area contributed by atoms with E-state index in [1.165, 1.54) is 28.5 Å². The van der Waals surface area contributed by atoms with E-state index in [0.717, 1.165) is 24.5 Å². The van der Waals surface area contributed by atoms with Gasteiger partial charge in [-0.2, -0.15) is 4.31 Å². The van der Waals surface area contributed by atoms with Crippen molar-refractivity contribution in [3.8, 4) is 0 Å². The Hall–Kier alpha value is -0.960. The van der Waals surface area contributed by atoms with Crippen molar-refractivity contribution >= 4 is 27.3 Å². The number of hydrogen-bond donors (Lipinski definition) is 0. The van der Waals surface area contributed by atoms with E-state index in [0.29, 0.717) is 36.8 Å². The van der Waals surface area contributed by atoms with Crippen molar-refractivity contribution in [3.63, 3.8) is 0 Å². The average Bonchev–Trinajstić information content (AvgIpc) is 3.24. The van der Waals surface area contributed by atoms with Gasteiger partial charge < -0.3 is 9.80 Å². The number of thiophene rings is 1. The van der Waals surface area contributed by atoms with Crippen LogP contribution < -0.4 is 0 Å². The minimum atomic E-state index is -3.41. The predicted molar refractivity (Wildman–Crippen MR) is 94.7 cm³/mol. The molecule has 2 saturated heterocycles. The Balaban J connectivity index is 1.50. The van der Waals surface area contributed by atoms with Crippen LogP contribution in [0.2, 0.25) is 0 Å². The maximum atomic E-state index is 12.6. The molecule has 1 amide bonds. The first-order valence-corrected chi connectivity index (χ1v) is 10.8. The number of amides is 1. The topological polar surface area (TPSA) is 60.9 Å². The number of carbonyl (C=O) groups excluding carboxylic acids is 1. The number of aryl methyl sites for hydroxylation is 1. The molecule has 0 spiro atoms. The van der Waals surface area contributed by atoms with Crippen LogP contribution in [0.15, 0.2) is 16.3 Å². The Morgan fingerprint density at radius 1 is 1.08 bits per heavy atom. The summed E-state index contributed by atoms with van der Waals surface area (Å²) in [6.45, 7) is 6.67. The van der Waals surface area contributed by atoms with Crippen LogP contribution in [0.3, 0.4) is 0 Å². The van der Waals surface area contributed by atoms with Crippen LogP contribution in [-0.4, -0.2) is 74.2 Å². The Morgan fingerprint density at radius 3 is 2.33 bits per heavy atom. The van der Waals surface area contributed by atoms with E-state index < -0.39 is 10.0 Å². The van der Waals surface area contributed by atoms with Gasteiger partial charge in [-0.1, -0.05) is 0 Å². The van der Waals surface area contributed by atoms with E-state index in [4.69, 9.17) is 0 Å². The molecule has 0 atom stereocenters. The second-order valence-electron chi connectivity index (χ2n) is 6.45. The largest absolute Gasteiger partial charge is 0.340 e. The SMILES string of the molecule is Cc1ccc(S(=O)(=O)N2CCN(C(=O)CCN3CCCC3)CC2)s1. The highest BCUT2D eigenvalue weighted by Gasteiger charge is 2.31. The molecule has 1 aromatic heterocycles. The molecule has 0 radical (unpaired) electrons. The summed E-state index contributed by atoms with van der Waals surface area (Å²) < 4.78 is 27.1. The Morgan fingerprint density at radius 2 is 1.75 bits per heavy atom. The van der Waals surface area contributed by atoms with Gasteiger partial charge in [0.15, 0.2) is 0 Å². The summed E-state index contributed by atoms with van der Waals surface area (Å²) in [6.07, 6.45) is 3.00. The first kappa shape index (κ1) is 17.8. The third kappa shape index (κ3) is 3.99. The van der Waals surface area contributed by atoms with Gasteiger partial charge in [0.1, 0.15) is 4.21 Å². The molecule has 6 nitrogen and oxygen atoms in total. The summed E-state index contributed by atoms with van der Waals surface area (Å²) in [5, 5.41) is 0. The molecule has 3 rings (SSSR count). The first-order valence-electron chi connectivity index (χ1n) is 8.53. The number of rotatable bonds is 5. The van der Waals surface area contributed by atoms with Gasteiger partial charge in [-0.05, 0) is 45.0 Å². The van der Waals surface area contributed by atoms with E-state index >= 15 is 0 Å². The van der Waals surface area contributed by atoms with E-state index in [2.05, 4.69) is 4.90 Å². The molecule has 0 bridgehead atoms. The number of hydrogen-bond acceptors (Lipinski definition) is 5. The van der Waals surface area contributed by atoms with Gasteiger partial charge in [0.05, 0.1) is 0 Å². The van der Waals surface area contributed by atoms with Crippen LogP contribution in [0.4, 0.5) is 0 Å². The van der Waals surface area contributed by atoms with Crippen molar-refractivity contribution in [1.82, 2.24) is 14.1 Å². The highest BCUT2D eigenvalue weighted by atomic mass is 32.2. The molecular formula is C16H25N3O3S2. The molecule has 1 aromatic rings. The minimum Gasteiger partial charge on any atom is -0.340 e. The van der Waals surface area contributed by atoms with Crippen LogP contribution in [-0.2, 0) is 14.8 Å². The Labute approximate surface area is 148 Å². The molecule has 0 aliphatic carbocycles. The molecule has 2 aliphatic heterocycles. The quantitative estimate of drug-likeness (QED) is 0.784. The van der Waals surface area contributed by atoms with Crippen LogP contribution in [0.5, 0.6) is 0 Å². The summed E-state index contributed by atoms with van der Waals surface area (Å²) in [4.78, 5) is 17.4. The number of sulfonamides is 1. The lowest BCUT2D eigenvalue weighted by Gasteiger charge is -2.34. The Kier molecular flexibility index (Phi) is 5.59. The second kappa shape index (κ2) is 7.51. The maximum Gasteiger partial charge on any atom is 0.252 e. The van der Waals surface area contributed by atoms with Gasteiger partial charge in [-0.25, -0.2) is 8.42 Å². The van der Waals surface area contributed by atoms with Crippen LogP contribution in [0.25, 0.3) is 0 Å². The third-order valence-electron chi connectivity index (χ3n) is 4.74. The molecule has 0 aromatic carbocycles. The van der Waals surface area contributed by atoms with Crippen LogP contribution >= 0.6 is 11.3 Å². The van der Waals surface area contributed by atoms with Crippen LogP contribution in [0, 0.1) is 6.92 Å². The summed E-state index contributed by atoms with van der Waals surface area (Å²) in [5.74, 6) is 0.144. The summed E-state index contributed by atoms with van der Waals surface area (Å²) in [5.41, 5.74) is 0. The van der Waals surface area contributed by atoms with Crippen molar-refractivity contribution in [2.24, 2.45) is 0 Å². The fraction of sp³-hybridized carbons (Fsp3) is 0.688. The summed E-state index contributed by atoms with van der Waals surface area (Å²) in [7, 11) is -3.41. The fourth-order valence-corrected chi connectivity index (χ4v) is 6.13. The molecule has 0 unspecified atom stereocenters. The standard InChI is InChI=1S/C16H25N3O3S2/c1-14-4-5-16(23-14)24(21,22)19-12-10-18(11-13-19)15(20)6-9-17-7-2-3-8-17/h4-5H,2-3,6-13H2,1H3. The summed E-state index contributed by atoms with van der Waals surface area (Å²) >= 11 is 1.30. The van der Waals surface area contributed by atoms with Gasteiger partial charge in [0, 0.05) is 44.0 Å². The van der Waals surface area contributed by atoms with Crippen molar-refractivity contribution < 1.29 is 13.2 Å². The molecular weight excluding hydrogens is 346 g/mol. The molecule has 8 heteroatoms. The lowest BCUT2D eigenvalue weighted by Crippen LogP contribution is -2.50. The zero-order valence-electron chi connectivity index (χ0n) is 14.1. The Bertz CT molecular complexity index is 672. The number of nitrogens with zero attached hydrogens (tertiary/aromatic N) is 3. The molecule has 24 heavy (non-hydrogen) atoms. The predicted octanol–water partition coefficient (Wildman–Crippen LogP) is 1.38. The molecule has 0 N–H and O–H groups in total. The van der Waals surface area contributed by atoms with Crippen molar-refractivity contribution in [2.75, 3.05) is 45.8 Å². The molecule has 2 fully saturated rings. The minimum absolute atomic E-state index is 0.144. The normalized spacial score (nSPS) is 20.6. The zero-order chi connectivity index (χ0) is 17.2. The molecule has 3 heterocycles. The highest BCUT2D eigenvalue weighted by molar-refractivity contribution is 7.91. The van der Waals surface area contributed by atoms with Crippen molar-refractivity contribution in [2.45, 2.75) is 30.4 Å². The molecule has 2 aliphatic rings. The number of carbonyl (C=O) groups is 1. The van der Waals surface area contributed by atoms with Crippen molar-refractivity contribution in [3.05, 3.63) is 17.0 Å². The average molecular weight is 372 g/mol. The first-order chi connectivity index (χ1) is 11.5. The lowest BCUT2D eigenvalue weighted by molar-refractivity contribution is -0.132. The highest BCUT2D eigenvalue weighted by Crippen LogP contribution is 2.25. The summed E-state index contributed by atoms with van der Waals surface area (Å²) in [6, 6.07) is 3.50. The van der Waals surface area contributed by atoms with E-state index in [1.807, 2.05) is 17.9 Å². The smallest absolute Gasteiger partial charge is 0.252 e. The number of piperazine rings is 1. The lowest BCUT2D eigenvalue weighted by atomic mass is 10.3. The van der Waals surface area contributed by atoms with Gasteiger partial charge in [-0.3, -0.25) is 4.79 Å². The fourth-order valence-electron chi connectivity index (χ4n) is 3.27.